The van der Waals surface area contributed by atoms with Crippen LogP contribution in [0.3, 0.4) is 0 Å². The molecular weight excluding hydrogens is 387 g/mol. The number of ether oxygens (including phenoxy) is 1. The second kappa shape index (κ2) is 7.97. The van der Waals surface area contributed by atoms with E-state index in [0.29, 0.717) is 6.54 Å². The molecule has 2 aliphatic rings. The van der Waals surface area contributed by atoms with E-state index in [0.717, 1.165) is 67.7 Å². The summed E-state index contributed by atoms with van der Waals surface area (Å²) >= 11 is 1.82. The van der Waals surface area contributed by atoms with E-state index >= 15 is 0 Å². The smallest absolute Gasteiger partial charge is 0.146 e. The Morgan fingerprint density at radius 2 is 2.07 bits per heavy atom. The molecule has 0 bridgehead atoms. The number of anilines is 1. The van der Waals surface area contributed by atoms with Crippen LogP contribution in [0.4, 0.5) is 10.2 Å². The van der Waals surface area contributed by atoms with Crippen molar-refractivity contribution < 1.29 is 9.13 Å². The summed E-state index contributed by atoms with van der Waals surface area (Å²) in [5, 5.41) is 1.20. The second-order valence-electron chi connectivity index (χ2n) is 7.88. The van der Waals surface area contributed by atoms with Crippen LogP contribution in [-0.2, 0) is 30.7 Å². The minimum atomic E-state index is -0.201. The molecule has 5 rings (SSSR count). The molecule has 152 valence electrons. The van der Waals surface area contributed by atoms with Crippen molar-refractivity contribution in [3.63, 3.8) is 0 Å². The zero-order chi connectivity index (χ0) is 19.8. The van der Waals surface area contributed by atoms with E-state index in [2.05, 4.69) is 9.80 Å². The molecule has 0 radical (unpaired) electrons. The number of hydrogen-bond acceptors (Lipinski definition) is 6. The lowest BCUT2D eigenvalue weighted by molar-refractivity contribution is 0.0331. The molecule has 1 saturated heterocycles. The number of hydrogen-bond donors (Lipinski definition) is 0. The first kappa shape index (κ1) is 18.9. The first-order chi connectivity index (χ1) is 14.2. The van der Waals surface area contributed by atoms with Crippen molar-refractivity contribution in [2.45, 2.75) is 32.4 Å². The number of halogens is 1. The molecule has 29 heavy (non-hydrogen) atoms. The monoisotopic (exact) mass is 412 g/mol. The number of morpholine rings is 1. The number of aromatic nitrogens is 2. The number of thiophene rings is 1. The topological polar surface area (TPSA) is 41.5 Å². The highest BCUT2D eigenvalue weighted by Gasteiger charge is 2.24. The van der Waals surface area contributed by atoms with Gasteiger partial charge < -0.3 is 9.64 Å². The molecule has 0 spiro atoms. The summed E-state index contributed by atoms with van der Waals surface area (Å²) < 4.78 is 19.1. The molecule has 1 aromatic carbocycles. The predicted octanol–water partition coefficient (Wildman–Crippen LogP) is 3.79. The van der Waals surface area contributed by atoms with Crippen LogP contribution in [0, 0.1) is 5.82 Å². The number of nitrogens with zero attached hydrogens (tertiary/aromatic N) is 4. The van der Waals surface area contributed by atoms with Gasteiger partial charge in [-0.15, -0.1) is 11.3 Å². The van der Waals surface area contributed by atoms with Crippen LogP contribution in [0.1, 0.15) is 28.2 Å². The summed E-state index contributed by atoms with van der Waals surface area (Å²) in [4.78, 5) is 17.0. The van der Waals surface area contributed by atoms with E-state index in [-0.39, 0.29) is 5.82 Å². The quantitative estimate of drug-likeness (QED) is 0.638. The van der Waals surface area contributed by atoms with Crippen molar-refractivity contribution in [3.05, 3.63) is 51.9 Å². The van der Waals surface area contributed by atoms with Gasteiger partial charge in [0, 0.05) is 31.6 Å². The normalized spacial score (nSPS) is 17.0. The van der Waals surface area contributed by atoms with Crippen LogP contribution in [0.2, 0.25) is 0 Å². The maximum atomic E-state index is 13.7. The Morgan fingerprint density at radius 3 is 2.90 bits per heavy atom. The lowest BCUT2D eigenvalue weighted by atomic mass is 10.1. The lowest BCUT2D eigenvalue weighted by Gasteiger charge is -2.26. The third kappa shape index (κ3) is 3.86. The number of aryl methyl sites for hydroxylation is 2. The highest BCUT2D eigenvalue weighted by molar-refractivity contribution is 7.19. The van der Waals surface area contributed by atoms with Crippen LogP contribution in [0.5, 0.6) is 0 Å². The molecule has 0 N–H and O–H groups in total. The standard InChI is InChI=1S/C22H25FN4OS/c1-26(13-15-4-2-5-16(23)12-15)21-20-17-6-3-7-18(17)29-22(20)25-19(24-21)14-27-8-10-28-11-9-27/h2,4-5,12H,3,6-11,13-14H2,1H3. The fourth-order valence-corrected chi connectivity index (χ4v) is 5.58. The van der Waals surface area contributed by atoms with E-state index in [1.807, 2.05) is 24.5 Å². The van der Waals surface area contributed by atoms with Gasteiger partial charge in [0.25, 0.3) is 0 Å². The van der Waals surface area contributed by atoms with Gasteiger partial charge in [-0.3, -0.25) is 4.90 Å². The SMILES string of the molecule is CN(Cc1cccc(F)c1)c1nc(CN2CCOCC2)nc2sc3c(c12)CCC3. The summed E-state index contributed by atoms with van der Waals surface area (Å²) in [5.41, 5.74) is 2.37. The van der Waals surface area contributed by atoms with Crippen molar-refractivity contribution in [1.29, 1.82) is 0 Å². The Bertz CT molecular complexity index is 1030. The van der Waals surface area contributed by atoms with Crippen molar-refractivity contribution in [1.82, 2.24) is 14.9 Å². The Hall–Kier alpha value is -2.09. The zero-order valence-electron chi connectivity index (χ0n) is 16.7. The van der Waals surface area contributed by atoms with Gasteiger partial charge in [0.1, 0.15) is 22.3 Å². The van der Waals surface area contributed by atoms with Crippen LogP contribution >= 0.6 is 11.3 Å². The summed E-state index contributed by atoms with van der Waals surface area (Å²) in [5.74, 6) is 1.63. The number of benzene rings is 1. The average Bonchev–Trinajstić information content (AvgIpc) is 3.29. The molecular formula is C22H25FN4OS. The predicted molar refractivity (Wildman–Crippen MR) is 114 cm³/mol. The largest absolute Gasteiger partial charge is 0.379 e. The third-order valence-corrected chi connectivity index (χ3v) is 6.92. The fraction of sp³-hybridized carbons (Fsp3) is 0.455. The van der Waals surface area contributed by atoms with Crippen LogP contribution in [0.15, 0.2) is 24.3 Å². The van der Waals surface area contributed by atoms with Crippen molar-refractivity contribution in [2.24, 2.45) is 0 Å². The first-order valence-electron chi connectivity index (χ1n) is 10.2. The molecule has 0 saturated carbocycles. The van der Waals surface area contributed by atoms with E-state index in [1.54, 1.807) is 12.1 Å². The maximum Gasteiger partial charge on any atom is 0.146 e. The summed E-state index contributed by atoms with van der Waals surface area (Å²) in [6.07, 6.45) is 3.45. The van der Waals surface area contributed by atoms with Gasteiger partial charge in [-0.05, 0) is 42.5 Å². The van der Waals surface area contributed by atoms with Crippen LogP contribution in [0.25, 0.3) is 10.2 Å². The molecule has 0 amide bonds. The van der Waals surface area contributed by atoms with E-state index < -0.39 is 0 Å². The Labute approximate surface area is 174 Å². The Balaban J connectivity index is 1.52. The maximum absolute atomic E-state index is 13.7. The average molecular weight is 413 g/mol. The van der Waals surface area contributed by atoms with Gasteiger partial charge in [0.2, 0.25) is 0 Å². The van der Waals surface area contributed by atoms with Crippen molar-refractivity contribution >= 4 is 27.4 Å². The summed E-state index contributed by atoms with van der Waals surface area (Å²) in [7, 11) is 2.05. The van der Waals surface area contributed by atoms with Gasteiger partial charge in [0.05, 0.1) is 25.1 Å². The Kier molecular flexibility index (Phi) is 5.20. The fourth-order valence-electron chi connectivity index (χ4n) is 4.31. The van der Waals surface area contributed by atoms with Gasteiger partial charge in [-0.2, -0.15) is 0 Å². The number of fused-ring (bicyclic) bond motifs is 3. The van der Waals surface area contributed by atoms with Crippen molar-refractivity contribution in [2.75, 3.05) is 38.3 Å². The molecule has 2 aromatic heterocycles. The van der Waals surface area contributed by atoms with Crippen LogP contribution < -0.4 is 4.90 Å². The molecule has 7 heteroatoms. The zero-order valence-corrected chi connectivity index (χ0v) is 17.5. The van der Waals surface area contributed by atoms with E-state index in [1.165, 1.54) is 28.3 Å². The molecule has 3 aromatic rings. The highest BCUT2D eigenvalue weighted by Crippen LogP contribution is 2.40. The second-order valence-corrected chi connectivity index (χ2v) is 8.96. The van der Waals surface area contributed by atoms with Gasteiger partial charge in [0.15, 0.2) is 0 Å². The highest BCUT2D eigenvalue weighted by atomic mass is 32.1. The molecule has 5 nitrogen and oxygen atoms in total. The summed E-state index contributed by atoms with van der Waals surface area (Å²) in [6.45, 7) is 4.71. The van der Waals surface area contributed by atoms with Gasteiger partial charge in [-0.25, -0.2) is 14.4 Å². The Morgan fingerprint density at radius 1 is 1.21 bits per heavy atom. The molecule has 3 heterocycles. The minimum absolute atomic E-state index is 0.201. The molecule has 0 unspecified atom stereocenters. The lowest BCUT2D eigenvalue weighted by Crippen LogP contribution is -2.36. The molecule has 0 atom stereocenters. The van der Waals surface area contributed by atoms with Crippen molar-refractivity contribution in [3.8, 4) is 0 Å². The summed E-state index contributed by atoms with van der Waals surface area (Å²) in [6, 6.07) is 6.81. The minimum Gasteiger partial charge on any atom is -0.379 e. The van der Waals surface area contributed by atoms with Crippen LogP contribution in [-0.4, -0.2) is 48.2 Å². The van der Waals surface area contributed by atoms with E-state index in [9.17, 15) is 4.39 Å². The number of rotatable bonds is 5. The van der Waals surface area contributed by atoms with Gasteiger partial charge >= 0.3 is 0 Å². The first-order valence-corrected chi connectivity index (χ1v) is 11.1. The van der Waals surface area contributed by atoms with E-state index in [4.69, 9.17) is 14.7 Å². The molecule has 1 aliphatic heterocycles. The molecule has 1 fully saturated rings. The molecule has 1 aliphatic carbocycles. The third-order valence-electron chi connectivity index (χ3n) is 5.73. The van der Waals surface area contributed by atoms with Gasteiger partial charge in [-0.1, -0.05) is 12.1 Å².